The molecule has 0 radical (unpaired) electrons. The second-order valence-corrected chi connectivity index (χ2v) is 2.82. The van der Waals surface area contributed by atoms with Crippen LogP contribution in [-0.2, 0) is 0 Å². The summed E-state index contributed by atoms with van der Waals surface area (Å²) in [6, 6.07) is 0. The van der Waals surface area contributed by atoms with Crippen LogP contribution >= 0.6 is 0 Å². The SMILES string of the molecule is C/C=C/C1=CCC(C)C1. The molecule has 0 N–H and O–H groups in total. The van der Waals surface area contributed by atoms with Gasteiger partial charge in [-0.25, -0.2) is 0 Å². The second-order valence-electron chi connectivity index (χ2n) is 2.82. The van der Waals surface area contributed by atoms with Crippen molar-refractivity contribution in [2.24, 2.45) is 5.92 Å². The third-order valence-electron chi connectivity index (χ3n) is 1.75. The van der Waals surface area contributed by atoms with E-state index in [1.165, 1.54) is 18.4 Å². The summed E-state index contributed by atoms with van der Waals surface area (Å²) in [5.41, 5.74) is 1.52. The van der Waals surface area contributed by atoms with Crippen molar-refractivity contribution in [2.45, 2.75) is 26.7 Å². The van der Waals surface area contributed by atoms with E-state index in [-0.39, 0.29) is 0 Å². The van der Waals surface area contributed by atoms with Gasteiger partial charge in [-0.2, -0.15) is 0 Å². The molecule has 50 valence electrons. The number of allylic oxidation sites excluding steroid dienone is 4. The smallest absolute Gasteiger partial charge is 0.0253 e. The third-order valence-corrected chi connectivity index (χ3v) is 1.75. The van der Waals surface area contributed by atoms with Crippen molar-refractivity contribution in [3.8, 4) is 0 Å². The Kier molecular flexibility index (Phi) is 2.10. The zero-order valence-corrected chi connectivity index (χ0v) is 6.22. The van der Waals surface area contributed by atoms with Crippen LogP contribution < -0.4 is 0 Å². The van der Waals surface area contributed by atoms with Gasteiger partial charge in [0, 0.05) is 0 Å². The quantitative estimate of drug-likeness (QED) is 0.501. The van der Waals surface area contributed by atoms with Crippen molar-refractivity contribution in [2.75, 3.05) is 0 Å². The maximum Gasteiger partial charge on any atom is -0.0253 e. The largest absolute Gasteiger partial charge is 0.0874 e. The van der Waals surface area contributed by atoms with Crippen LogP contribution in [0.2, 0.25) is 0 Å². The van der Waals surface area contributed by atoms with Crippen molar-refractivity contribution in [1.29, 1.82) is 0 Å². The molecule has 0 amide bonds. The van der Waals surface area contributed by atoms with Gasteiger partial charge in [0.05, 0.1) is 0 Å². The van der Waals surface area contributed by atoms with Gasteiger partial charge in [-0.05, 0) is 25.7 Å². The maximum atomic E-state index is 2.34. The molecule has 0 nitrogen and oxygen atoms in total. The van der Waals surface area contributed by atoms with Gasteiger partial charge < -0.3 is 0 Å². The summed E-state index contributed by atoms with van der Waals surface area (Å²) in [5, 5.41) is 0. The van der Waals surface area contributed by atoms with Crippen LogP contribution in [0, 0.1) is 5.92 Å². The minimum Gasteiger partial charge on any atom is -0.0874 e. The van der Waals surface area contributed by atoms with Crippen LogP contribution in [-0.4, -0.2) is 0 Å². The summed E-state index contributed by atoms with van der Waals surface area (Å²) in [5.74, 6) is 0.885. The van der Waals surface area contributed by atoms with Crippen LogP contribution in [0.5, 0.6) is 0 Å². The Labute approximate surface area is 57.3 Å². The van der Waals surface area contributed by atoms with E-state index in [1.54, 1.807) is 0 Å². The lowest BCUT2D eigenvalue weighted by Crippen LogP contribution is -1.83. The first kappa shape index (κ1) is 6.60. The molecule has 9 heavy (non-hydrogen) atoms. The molecule has 1 rings (SSSR count). The molecule has 0 aromatic rings. The van der Waals surface area contributed by atoms with E-state index in [0.29, 0.717) is 0 Å². The van der Waals surface area contributed by atoms with Gasteiger partial charge >= 0.3 is 0 Å². The molecule has 0 aliphatic heterocycles. The summed E-state index contributed by atoms with van der Waals surface area (Å²) < 4.78 is 0. The van der Waals surface area contributed by atoms with Crippen LogP contribution in [0.4, 0.5) is 0 Å². The zero-order chi connectivity index (χ0) is 6.69. The highest BCUT2D eigenvalue weighted by Crippen LogP contribution is 2.24. The number of hydrogen-bond donors (Lipinski definition) is 0. The Bertz CT molecular complexity index is 140. The van der Waals surface area contributed by atoms with Crippen molar-refractivity contribution in [1.82, 2.24) is 0 Å². The second kappa shape index (κ2) is 2.86. The fraction of sp³-hybridized carbons (Fsp3) is 0.556. The highest BCUT2D eigenvalue weighted by Gasteiger charge is 2.08. The van der Waals surface area contributed by atoms with Gasteiger partial charge in [0.2, 0.25) is 0 Å². The topological polar surface area (TPSA) is 0 Å². The molecule has 0 aromatic heterocycles. The van der Waals surface area contributed by atoms with E-state index in [1.807, 2.05) is 0 Å². The molecule has 0 saturated heterocycles. The van der Waals surface area contributed by atoms with E-state index in [4.69, 9.17) is 0 Å². The van der Waals surface area contributed by atoms with E-state index < -0.39 is 0 Å². The van der Waals surface area contributed by atoms with Crippen LogP contribution in [0.3, 0.4) is 0 Å². The van der Waals surface area contributed by atoms with Crippen molar-refractivity contribution in [3.05, 3.63) is 23.8 Å². The molecule has 0 bridgehead atoms. The van der Waals surface area contributed by atoms with Gasteiger partial charge in [0.25, 0.3) is 0 Å². The van der Waals surface area contributed by atoms with E-state index in [9.17, 15) is 0 Å². The van der Waals surface area contributed by atoms with Gasteiger partial charge in [0.1, 0.15) is 0 Å². The minimum absolute atomic E-state index is 0.885. The normalized spacial score (nSPS) is 27.3. The van der Waals surface area contributed by atoms with Gasteiger partial charge in [-0.15, -0.1) is 0 Å². The molecule has 0 spiro atoms. The van der Waals surface area contributed by atoms with Crippen LogP contribution in [0.1, 0.15) is 26.7 Å². The monoisotopic (exact) mass is 122 g/mol. The van der Waals surface area contributed by atoms with Crippen LogP contribution in [0.15, 0.2) is 23.8 Å². The molecule has 1 unspecified atom stereocenters. The van der Waals surface area contributed by atoms with Gasteiger partial charge in [-0.1, -0.05) is 30.7 Å². The molecule has 0 fully saturated rings. The molecule has 1 aliphatic carbocycles. The molecular weight excluding hydrogens is 108 g/mol. The van der Waals surface area contributed by atoms with Crippen molar-refractivity contribution < 1.29 is 0 Å². The van der Waals surface area contributed by atoms with Gasteiger partial charge in [-0.3, -0.25) is 0 Å². The predicted octanol–water partition coefficient (Wildman–Crippen LogP) is 2.92. The first-order valence-corrected chi connectivity index (χ1v) is 3.64. The highest BCUT2D eigenvalue weighted by atomic mass is 14.1. The molecular formula is C9H14. The zero-order valence-electron chi connectivity index (χ0n) is 6.22. The standard InChI is InChI=1S/C9H14/c1-3-4-9-6-5-8(2)7-9/h3-4,6,8H,5,7H2,1-2H3/b4-3+. The average molecular weight is 122 g/mol. The molecule has 0 aromatic carbocycles. The fourth-order valence-electron chi connectivity index (χ4n) is 1.27. The lowest BCUT2D eigenvalue weighted by atomic mass is 10.1. The lowest BCUT2D eigenvalue weighted by molar-refractivity contribution is 0.631. The minimum atomic E-state index is 0.885. The van der Waals surface area contributed by atoms with Crippen molar-refractivity contribution >= 4 is 0 Å². The Morgan fingerprint density at radius 2 is 2.44 bits per heavy atom. The molecule has 0 saturated carbocycles. The van der Waals surface area contributed by atoms with Crippen LogP contribution in [0.25, 0.3) is 0 Å². The molecule has 0 heteroatoms. The summed E-state index contributed by atoms with van der Waals surface area (Å²) in [7, 11) is 0. The molecule has 0 heterocycles. The van der Waals surface area contributed by atoms with E-state index >= 15 is 0 Å². The Balaban J connectivity index is 2.45. The Morgan fingerprint density at radius 1 is 1.67 bits per heavy atom. The fourth-order valence-corrected chi connectivity index (χ4v) is 1.27. The Morgan fingerprint density at radius 3 is 2.89 bits per heavy atom. The summed E-state index contributed by atoms with van der Waals surface area (Å²) in [6.07, 6.45) is 9.22. The highest BCUT2D eigenvalue weighted by molar-refractivity contribution is 5.22. The first-order chi connectivity index (χ1) is 4.33. The third kappa shape index (κ3) is 1.70. The number of hydrogen-bond acceptors (Lipinski definition) is 0. The lowest BCUT2D eigenvalue weighted by Gasteiger charge is -1.96. The van der Waals surface area contributed by atoms with Gasteiger partial charge in [0.15, 0.2) is 0 Å². The van der Waals surface area contributed by atoms with E-state index in [2.05, 4.69) is 32.1 Å². The first-order valence-electron chi connectivity index (χ1n) is 3.64. The van der Waals surface area contributed by atoms with E-state index in [0.717, 1.165) is 5.92 Å². The average Bonchev–Trinajstić information content (AvgIpc) is 2.17. The Hall–Kier alpha value is -0.520. The maximum absolute atomic E-state index is 2.34. The molecule has 1 atom stereocenters. The summed E-state index contributed by atoms with van der Waals surface area (Å²) >= 11 is 0. The summed E-state index contributed by atoms with van der Waals surface area (Å²) in [4.78, 5) is 0. The predicted molar refractivity (Wildman–Crippen MR) is 41.3 cm³/mol. The number of rotatable bonds is 1. The summed E-state index contributed by atoms with van der Waals surface area (Å²) in [6.45, 7) is 4.37. The molecule has 1 aliphatic rings. The van der Waals surface area contributed by atoms with Crippen molar-refractivity contribution in [3.63, 3.8) is 0 Å².